The summed E-state index contributed by atoms with van der Waals surface area (Å²) in [4.78, 5) is 4.02. The zero-order valence-corrected chi connectivity index (χ0v) is 11.1. The van der Waals surface area contributed by atoms with E-state index >= 15 is 0 Å². The van der Waals surface area contributed by atoms with Gasteiger partial charge in [-0.15, -0.1) is 0 Å². The van der Waals surface area contributed by atoms with Crippen LogP contribution in [0.1, 0.15) is 25.5 Å². The maximum Gasteiger partial charge on any atom is 0.133 e. The van der Waals surface area contributed by atoms with Crippen LogP contribution in [0.4, 0.5) is 0 Å². The largest absolute Gasteiger partial charge is 0.309 e. The summed E-state index contributed by atoms with van der Waals surface area (Å²) in [7, 11) is -0.716. The summed E-state index contributed by atoms with van der Waals surface area (Å²) in [6.45, 7) is 4.68. The van der Waals surface area contributed by atoms with Crippen LogP contribution in [0.5, 0.6) is 0 Å². The maximum absolute atomic E-state index is 11.2. The maximum atomic E-state index is 11.2. The van der Waals surface area contributed by atoms with Crippen LogP contribution in [0.15, 0.2) is 18.3 Å². The third-order valence-corrected chi connectivity index (χ3v) is 3.98. The fraction of sp³-hybridized carbons (Fsp3) is 0.545. The summed E-state index contributed by atoms with van der Waals surface area (Å²) >= 11 is 5.98. The van der Waals surface area contributed by atoms with Crippen molar-refractivity contribution in [3.63, 3.8) is 0 Å². The molecule has 0 aromatic carbocycles. The van der Waals surface area contributed by atoms with E-state index < -0.39 is 10.8 Å². The number of hydrogen-bond donors (Lipinski definition) is 1. The first-order valence-corrected chi connectivity index (χ1v) is 7.20. The van der Waals surface area contributed by atoms with E-state index in [-0.39, 0.29) is 6.04 Å². The highest BCUT2D eigenvalue weighted by molar-refractivity contribution is 7.84. The van der Waals surface area contributed by atoms with Crippen molar-refractivity contribution in [3.8, 4) is 0 Å². The van der Waals surface area contributed by atoms with Crippen LogP contribution in [0.2, 0.25) is 5.15 Å². The Kier molecular flexibility index (Phi) is 5.95. The molecule has 90 valence electrons. The van der Waals surface area contributed by atoms with E-state index in [4.69, 9.17) is 11.6 Å². The average Bonchev–Trinajstić information content (AvgIpc) is 2.29. The van der Waals surface area contributed by atoms with Gasteiger partial charge in [0.15, 0.2) is 0 Å². The van der Waals surface area contributed by atoms with E-state index in [2.05, 4.69) is 10.3 Å². The number of aromatic nitrogens is 1. The molecule has 2 atom stereocenters. The van der Waals surface area contributed by atoms with Gasteiger partial charge in [-0.1, -0.05) is 24.6 Å². The minimum absolute atomic E-state index is 0.134. The van der Waals surface area contributed by atoms with Crippen molar-refractivity contribution < 1.29 is 4.21 Å². The third kappa shape index (κ3) is 4.20. The van der Waals surface area contributed by atoms with Gasteiger partial charge in [0.1, 0.15) is 5.15 Å². The molecule has 16 heavy (non-hydrogen) atoms. The summed E-state index contributed by atoms with van der Waals surface area (Å²) in [6.07, 6.45) is 1.67. The SMILES string of the molecule is CCS(=O)CCNC(C)c1cccnc1Cl. The molecule has 0 fully saturated rings. The molecule has 0 saturated carbocycles. The molecule has 1 rings (SSSR count). The van der Waals surface area contributed by atoms with Gasteiger partial charge < -0.3 is 5.32 Å². The molecule has 1 aromatic rings. The smallest absolute Gasteiger partial charge is 0.133 e. The molecule has 1 N–H and O–H groups in total. The molecule has 3 nitrogen and oxygen atoms in total. The first-order chi connectivity index (χ1) is 7.65. The Labute approximate surface area is 104 Å². The van der Waals surface area contributed by atoms with Crippen LogP contribution >= 0.6 is 11.6 Å². The molecule has 0 aliphatic heterocycles. The quantitative estimate of drug-likeness (QED) is 0.797. The van der Waals surface area contributed by atoms with Crippen LogP contribution in [0.25, 0.3) is 0 Å². The van der Waals surface area contributed by atoms with Crippen LogP contribution in [0.3, 0.4) is 0 Å². The number of hydrogen-bond acceptors (Lipinski definition) is 3. The molecule has 5 heteroatoms. The second kappa shape index (κ2) is 6.99. The summed E-state index contributed by atoms with van der Waals surface area (Å²) in [6, 6.07) is 3.95. The van der Waals surface area contributed by atoms with Crippen molar-refractivity contribution in [2.45, 2.75) is 19.9 Å². The number of nitrogens with zero attached hydrogens (tertiary/aromatic N) is 1. The highest BCUT2D eigenvalue weighted by Crippen LogP contribution is 2.19. The van der Waals surface area contributed by atoms with Gasteiger partial charge in [0.05, 0.1) is 0 Å². The van der Waals surface area contributed by atoms with E-state index in [9.17, 15) is 4.21 Å². The van der Waals surface area contributed by atoms with Gasteiger partial charge in [-0.2, -0.15) is 0 Å². The van der Waals surface area contributed by atoms with Crippen molar-refractivity contribution in [3.05, 3.63) is 29.0 Å². The summed E-state index contributed by atoms with van der Waals surface area (Å²) in [5.41, 5.74) is 0.978. The Hall–Kier alpha value is -0.450. The highest BCUT2D eigenvalue weighted by atomic mass is 35.5. The first kappa shape index (κ1) is 13.6. The van der Waals surface area contributed by atoms with Crippen molar-refractivity contribution in [1.29, 1.82) is 0 Å². The van der Waals surface area contributed by atoms with Gasteiger partial charge >= 0.3 is 0 Å². The predicted molar refractivity (Wildman–Crippen MR) is 69.2 cm³/mol. The lowest BCUT2D eigenvalue weighted by molar-refractivity contribution is 0.595. The summed E-state index contributed by atoms with van der Waals surface area (Å²) in [5.74, 6) is 1.39. The van der Waals surface area contributed by atoms with Gasteiger partial charge in [0, 0.05) is 46.7 Å². The molecule has 1 aromatic heterocycles. The minimum atomic E-state index is -0.716. The molecular weight excluding hydrogens is 244 g/mol. The van der Waals surface area contributed by atoms with Gasteiger partial charge in [-0.05, 0) is 13.0 Å². The van der Waals surface area contributed by atoms with Crippen LogP contribution in [-0.4, -0.2) is 27.2 Å². The van der Waals surface area contributed by atoms with Crippen molar-refractivity contribution in [2.24, 2.45) is 0 Å². The molecule has 0 aliphatic carbocycles. The highest BCUT2D eigenvalue weighted by Gasteiger charge is 2.09. The zero-order valence-electron chi connectivity index (χ0n) is 9.57. The Balaban J connectivity index is 2.44. The standard InChI is InChI=1S/C11H17ClN2OS/c1-3-16(15)8-7-13-9(2)10-5-4-6-14-11(10)12/h4-6,9,13H,3,7-8H2,1-2H3. The molecular formula is C11H17ClN2OS. The number of nitrogens with one attached hydrogen (secondary N) is 1. The third-order valence-electron chi connectivity index (χ3n) is 2.36. The lowest BCUT2D eigenvalue weighted by Crippen LogP contribution is -2.24. The fourth-order valence-corrected chi connectivity index (χ4v) is 2.28. The second-order valence-electron chi connectivity index (χ2n) is 3.49. The Morgan fingerprint density at radius 2 is 2.38 bits per heavy atom. The molecule has 0 radical (unpaired) electrons. The predicted octanol–water partition coefficient (Wildman–Crippen LogP) is 2.15. The van der Waals surface area contributed by atoms with E-state index in [0.29, 0.717) is 16.7 Å². The van der Waals surface area contributed by atoms with E-state index in [1.807, 2.05) is 26.0 Å². The van der Waals surface area contributed by atoms with E-state index in [1.54, 1.807) is 6.20 Å². The van der Waals surface area contributed by atoms with Gasteiger partial charge in [0.2, 0.25) is 0 Å². The van der Waals surface area contributed by atoms with E-state index in [1.165, 1.54) is 0 Å². The van der Waals surface area contributed by atoms with Crippen molar-refractivity contribution >= 4 is 22.4 Å². The zero-order chi connectivity index (χ0) is 12.0. The normalized spacial score (nSPS) is 14.7. The number of pyridine rings is 1. The number of halogens is 1. The van der Waals surface area contributed by atoms with Crippen LogP contribution in [0, 0.1) is 0 Å². The summed E-state index contributed by atoms with van der Waals surface area (Å²) in [5, 5.41) is 3.81. The Morgan fingerprint density at radius 1 is 1.62 bits per heavy atom. The lowest BCUT2D eigenvalue weighted by Gasteiger charge is -2.14. The molecule has 0 amide bonds. The molecule has 0 aliphatic rings. The number of rotatable bonds is 6. The van der Waals surface area contributed by atoms with Gasteiger partial charge in [-0.3, -0.25) is 4.21 Å². The van der Waals surface area contributed by atoms with Crippen LogP contribution < -0.4 is 5.32 Å². The Morgan fingerprint density at radius 3 is 3.00 bits per heavy atom. The summed E-state index contributed by atoms with van der Waals surface area (Å²) < 4.78 is 11.2. The van der Waals surface area contributed by atoms with Gasteiger partial charge in [-0.25, -0.2) is 4.98 Å². The molecule has 1 heterocycles. The van der Waals surface area contributed by atoms with Gasteiger partial charge in [0.25, 0.3) is 0 Å². The fourth-order valence-electron chi connectivity index (χ4n) is 1.37. The Bertz CT molecular complexity index is 360. The topological polar surface area (TPSA) is 42.0 Å². The first-order valence-electron chi connectivity index (χ1n) is 5.34. The average molecular weight is 261 g/mol. The molecule has 0 spiro atoms. The minimum Gasteiger partial charge on any atom is -0.309 e. The van der Waals surface area contributed by atoms with Crippen molar-refractivity contribution in [2.75, 3.05) is 18.1 Å². The van der Waals surface area contributed by atoms with Crippen molar-refractivity contribution in [1.82, 2.24) is 10.3 Å². The second-order valence-corrected chi connectivity index (χ2v) is 5.72. The molecule has 0 saturated heterocycles. The monoisotopic (exact) mass is 260 g/mol. The lowest BCUT2D eigenvalue weighted by atomic mass is 10.1. The van der Waals surface area contributed by atoms with E-state index in [0.717, 1.165) is 12.1 Å². The van der Waals surface area contributed by atoms with Crippen LogP contribution in [-0.2, 0) is 10.8 Å². The molecule has 0 bridgehead atoms. The molecule has 2 unspecified atom stereocenters.